The van der Waals surface area contributed by atoms with Crippen LogP contribution in [0.1, 0.15) is 1.43 Å². The fourth-order valence-corrected chi connectivity index (χ4v) is 0. The largest absolute Gasteiger partial charge is 1.00 e. The molecule has 0 radical (unpaired) electrons. The van der Waals surface area contributed by atoms with E-state index in [1.807, 2.05) is 0 Å². The van der Waals surface area contributed by atoms with Gasteiger partial charge in [0.1, 0.15) is 0 Å². The fraction of sp³-hybridized carbons (Fsp3) is 0. The smallest absolute Gasteiger partial charge is 1.00 e. The Kier molecular flexibility index (Phi) is 397. The summed E-state index contributed by atoms with van der Waals surface area (Å²) in [5.41, 5.74) is 0. The third-order valence-electron chi connectivity index (χ3n) is 0. The van der Waals surface area contributed by atoms with Crippen LogP contribution in [0.3, 0.4) is 0 Å². The Morgan fingerprint density at radius 1 is 1.25 bits per heavy atom. The Balaban J connectivity index is 0. The van der Waals surface area contributed by atoms with Crippen LogP contribution in [0.2, 0.25) is 0 Å². The van der Waals surface area contributed by atoms with Crippen LogP contribution in [-0.4, -0.2) is 33.8 Å². The normalized spacial score (nSPS) is 0. The van der Waals surface area contributed by atoms with E-state index in [-0.39, 0.29) is 54.1 Å². The first-order valence-electron chi connectivity index (χ1n) is 0. The number of hydrogen-bond donors (Lipinski definition) is 0. The zero-order valence-corrected chi connectivity index (χ0v) is 1.50. The quantitative estimate of drug-likeness (QED) is 0.264. The molecule has 0 atom stereocenters. The summed E-state index contributed by atoms with van der Waals surface area (Å²) in [5.74, 6) is 0. The van der Waals surface area contributed by atoms with Crippen molar-refractivity contribution in [1.82, 2.24) is 0 Å². The number of rotatable bonds is 0. The first-order valence-corrected chi connectivity index (χ1v) is 0. The molecule has 0 spiro atoms. The molecule has 0 amide bonds. The summed E-state index contributed by atoms with van der Waals surface area (Å²) in [6.07, 6.45) is 0. The van der Waals surface area contributed by atoms with Crippen molar-refractivity contribution in [2.75, 3.05) is 0 Å². The van der Waals surface area contributed by atoms with Crippen molar-refractivity contribution >= 4 is 28.3 Å². The molecular weight excluding hydrogens is 78.0 g/mol. The van der Waals surface area contributed by atoms with Gasteiger partial charge < -0.3 is 6.90 Å². The van der Waals surface area contributed by atoms with Crippen molar-refractivity contribution in [2.24, 2.45) is 0 Å². The average molecular weight is 88.1 g/mol. The third kappa shape index (κ3) is 10.3. The van der Waals surface area contributed by atoms with Gasteiger partial charge in [-0.15, -0.1) is 0 Å². The van der Waals surface area contributed by atoms with E-state index in [0.717, 1.165) is 0 Å². The van der Waals surface area contributed by atoms with Crippen molar-refractivity contribution in [2.45, 2.75) is 0 Å². The van der Waals surface area contributed by atoms with E-state index in [2.05, 4.69) is 0 Å². The van der Waals surface area contributed by atoms with E-state index in [4.69, 9.17) is 0 Å². The van der Waals surface area contributed by atoms with Crippen molar-refractivity contribution in [3.63, 3.8) is 0 Å². The predicted molar refractivity (Wildman–Crippen MR) is 26.0 cm³/mol. The topological polar surface area (TPSA) is 31.5 Å². The molecule has 4 heavy (non-hydrogen) atoms. The van der Waals surface area contributed by atoms with Gasteiger partial charge in [0.05, 0.1) is 0 Å². The minimum atomic E-state index is 0. The SMILES string of the molecule is O.[AlH3].[H-].[Li+].[SiH4]. The molecule has 0 aliphatic heterocycles. The Morgan fingerprint density at radius 2 is 1.25 bits per heavy atom. The van der Waals surface area contributed by atoms with Crippen LogP contribution >= 0.6 is 0 Å². The van der Waals surface area contributed by atoms with Crippen LogP contribution in [0.4, 0.5) is 0 Å². The van der Waals surface area contributed by atoms with E-state index < -0.39 is 0 Å². The standard InChI is InChI=1S/Al.Li.H2O.H4Si.4H/h;;1H2;1H4;;;;/q;+1;;;;;;-1. The second-order valence-electron chi connectivity index (χ2n) is 0. The summed E-state index contributed by atoms with van der Waals surface area (Å²) < 4.78 is 0. The molecule has 0 heterocycles. The molecule has 0 aromatic heterocycles. The van der Waals surface area contributed by atoms with Crippen LogP contribution in [0, 0.1) is 0 Å². The van der Waals surface area contributed by atoms with Gasteiger partial charge in [-0.05, 0) is 11.0 Å². The van der Waals surface area contributed by atoms with Gasteiger partial charge in [-0.25, -0.2) is 0 Å². The van der Waals surface area contributed by atoms with Crippen LogP contribution in [-0.2, 0) is 0 Å². The zero-order chi connectivity index (χ0) is 0. The van der Waals surface area contributed by atoms with E-state index in [1.165, 1.54) is 0 Å². The van der Waals surface area contributed by atoms with Crippen LogP contribution in [0.25, 0.3) is 0 Å². The van der Waals surface area contributed by atoms with E-state index >= 15 is 0 Å². The third-order valence-corrected chi connectivity index (χ3v) is 0. The Hall–Kier alpha value is 1.31. The molecule has 1 nitrogen and oxygen atoms in total. The van der Waals surface area contributed by atoms with Crippen LogP contribution in [0.15, 0.2) is 0 Å². The summed E-state index contributed by atoms with van der Waals surface area (Å²) in [5, 5.41) is 0. The molecule has 0 saturated carbocycles. The molecule has 24 valence electrons. The van der Waals surface area contributed by atoms with E-state index in [0.29, 0.717) is 0 Å². The summed E-state index contributed by atoms with van der Waals surface area (Å²) in [4.78, 5) is 0. The summed E-state index contributed by atoms with van der Waals surface area (Å²) in [7, 11) is 0. The molecule has 0 rings (SSSR count). The van der Waals surface area contributed by atoms with E-state index in [1.54, 1.807) is 0 Å². The van der Waals surface area contributed by atoms with Gasteiger partial charge in [0, 0.05) is 0 Å². The first-order chi connectivity index (χ1) is 0. The number of hydrogen-bond acceptors (Lipinski definition) is 0. The van der Waals surface area contributed by atoms with Crippen LogP contribution < -0.4 is 18.9 Å². The molecule has 0 unspecified atom stereocenters. The molecular formula is H10AlLiOSi. The second-order valence-corrected chi connectivity index (χ2v) is 0. The van der Waals surface area contributed by atoms with Crippen molar-refractivity contribution in [3.8, 4) is 0 Å². The molecule has 4 heteroatoms. The molecule has 0 aliphatic carbocycles. The zero-order valence-electron chi connectivity index (χ0n) is 2.50. The van der Waals surface area contributed by atoms with Gasteiger partial charge in [0.15, 0.2) is 17.4 Å². The van der Waals surface area contributed by atoms with Crippen LogP contribution in [0.5, 0.6) is 0 Å². The summed E-state index contributed by atoms with van der Waals surface area (Å²) in [6, 6.07) is 0. The maximum Gasteiger partial charge on any atom is 1.00 e. The molecule has 0 saturated heterocycles. The predicted octanol–water partition coefficient (Wildman–Crippen LogP) is -6.34. The first kappa shape index (κ1) is 57.6. The van der Waals surface area contributed by atoms with Gasteiger partial charge in [-0.1, -0.05) is 0 Å². The molecule has 0 bridgehead atoms. The maximum atomic E-state index is 0. The van der Waals surface area contributed by atoms with Gasteiger partial charge in [-0.2, -0.15) is 0 Å². The van der Waals surface area contributed by atoms with Crippen molar-refractivity contribution in [3.05, 3.63) is 0 Å². The van der Waals surface area contributed by atoms with Gasteiger partial charge >= 0.3 is 18.9 Å². The Morgan fingerprint density at radius 3 is 1.25 bits per heavy atom. The minimum absolute atomic E-state index is 0. The molecule has 0 aromatic carbocycles. The second kappa shape index (κ2) is 27.6. The fourth-order valence-electron chi connectivity index (χ4n) is 0. The van der Waals surface area contributed by atoms with Gasteiger partial charge in [-0.3, -0.25) is 0 Å². The maximum absolute atomic E-state index is 0. The Bertz CT molecular complexity index is 11.6. The van der Waals surface area contributed by atoms with Crippen molar-refractivity contribution < 1.29 is 25.8 Å². The summed E-state index contributed by atoms with van der Waals surface area (Å²) >= 11 is 0. The van der Waals surface area contributed by atoms with Gasteiger partial charge in [0.25, 0.3) is 0 Å². The summed E-state index contributed by atoms with van der Waals surface area (Å²) in [6.45, 7) is 0. The average Bonchev–Trinajstić information content (AvgIpc) is 0. The molecule has 0 aromatic rings. The van der Waals surface area contributed by atoms with Gasteiger partial charge in [0.2, 0.25) is 0 Å². The minimum Gasteiger partial charge on any atom is -1.00 e. The Labute approximate surface area is 54.3 Å². The molecule has 0 aliphatic rings. The molecule has 0 fully saturated rings. The van der Waals surface area contributed by atoms with Crippen molar-refractivity contribution in [1.29, 1.82) is 0 Å². The van der Waals surface area contributed by atoms with E-state index in [9.17, 15) is 0 Å². The molecule has 2 N–H and O–H groups in total. The monoisotopic (exact) mass is 88.0 g/mol.